The zero-order chi connectivity index (χ0) is 14.0. The van der Waals surface area contributed by atoms with Gasteiger partial charge in [0.25, 0.3) is 0 Å². The molecular weight excluding hydrogens is 264 g/mol. The summed E-state index contributed by atoms with van der Waals surface area (Å²) in [7, 11) is -3.86. The topological polar surface area (TPSA) is 95.4 Å². The Kier molecular flexibility index (Phi) is 3.35. The van der Waals surface area contributed by atoms with Gasteiger partial charge in [0.1, 0.15) is 10.6 Å². The molecule has 0 aliphatic rings. The average molecular weight is 278 g/mol. The number of benzene rings is 2. The van der Waals surface area contributed by atoms with Crippen molar-refractivity contribution in [2.45, 2.75) is 11.8 Å². The average Bonchev–Trinajstić information content (AvgIpc) is 2.34. The van der Waals surface area contributed by atoms with E-state index in [1.165, 1.54) is 30.3 Å². The summed E-state index contributed by atoms with van der Waals surface area (Å²) in [6, 6.07) is 10.7. The molecule has 2 aromatic rings. The molecule has 5 nitrogen and oxygen atoms in total. The number of anilines is 2. The Labute approximate surface area is 111 Å². The standard InChI is InChI=1S/C13H14N2O3S/c1-9-2-5-11(6-3-9)19(16,17)18-10-4-7-12(14)13(15)8-10/h2-8H,14-15H2,1H3. The van der Waals surface area contributed by atoms with Gasteiger partial charge < -0.3 is 15.7 Å². The van der Waals surface area contributed by atoms with Gasteiger partial charge in [-0.25, -0.2) is 0 Å². The van der Waals surface area contributed by atoms with Crippen LogP contribution in [0.3, 0.4) is 0 Å². The largest absolute Gasteiger partial charge is 0.397 e. The van der Waals surface area contributed by atoms with Crippen molar-refractivity contribution in [2.75, 3.05) is 11.5 Å². The SMILES string of the molecule is Cc1ccc(S(=O)(=O)Oc2ccc(N)c(N)c2)cc1. The lowest BCUT2D eigenvalue weighted by Gasteiger charge is -2.08. The Morgan fingerprint density at radius 2 is 1.58 bits per heavy atom. The molecule has 2 rings (SSSR count). The molecule has 2 aromatic carbocycles. The predicted molar refractivity (Wildman–Crippen MR) is 74.3 cm³/mol. The smallest absolute Gasteiger partial charge is 0.339 e. The maximum atomic E-state index is 12.0. The molecule has 0 bridgehead atoms. The molecule has 0 heterocycles. The number of nitrogen functional groups attached to an aromatic ring is 2. The molecule has 0 aromatic heterocycles. The molecule has 0 saturated heterocycles. The van der Waals surface area contributed by atoms with Crippen LogP contribution in [-0.2, 0) is 10.1 Å². The fourth-order valence-electron chi connectivity index (χ4n) is 1.48. The number of nitrogens with two attached hydrogens (primary N) is 2. The van der Waals surface area contributed by atoms with Crippen LogP contribution in [-0.4, -0.2) is 8.42 Å². The molecule has 0 atom stereocenters. The monoisotopic (exact) mass is 278 g/mol. The molecule has 100 valence electrons. The molecule has 0 radical (unpaired) electrons. The van der Waals surface area contributed by atoms with Crippen LogP contribution in [0.25, 0.3) is 0 Å². The second-order valence-corrected chi connectivity index (χ2v) is 5.69. The molecule has 0 amide bonds. The molecule has 0 saturated carbocycles. The minimum atomic E-state index is -3.86. The second-order valence-electron chi connectivity index (χ2n) is 4.14. The van der Waals surface area contributed by atoms with Gasteiger partial charge in [0.15, 0.2) is 0 Å². The Balaban J connectivity index is 2.30. The fraction of sp³-hybridized carbons (Fsp3) is 0.0769. The van der Waals surface area contributed by atoms with Crippen molar-refractivity contribution in [1.29, 1.82) is 0 Å². The van der Waals surface area contributed by atoms with Crippen molar-refractivity contribution < 1.29 is 12.6 Å². The van der Waals surface area contributed by atoms with E-state index < -0.39 is 10.1 Å². The first-order valence-corrected chi connectivity index (χ1v) is 6.95. The van der Waals surface area contributed by atoms with Gasteiger partial charge >= 0.3 is 10.1 Å². The van der Waals surface area contributed by atoms with Crippen molar-refractivity contribution in [3.05, 3.63) is 48.0 Å². The Morgan fingerprint density at radius 3 is 2.16 bits per heavy atom. The molecule has 0 unspecified atom stereocenters. The summed E-state index contributed by atoms with van der Waals surface area (Å²) in [5, 5.41) is 0. The molecule has 0 spiro atoms. The van der Waals surface area contributed by atoms with E-state index in [2.05, 4.69) is 0 Å². The minimum Gasteiger partial charge on any atom is -0.397 e. The van der Waals surface area contributed by atoms with E-state index in [4.69, 9.17) is 15.7 Å². The highest BCUT2D eigenvalue weighted by Gasteiger charge is 2.16. The first-order chi connectivity index (χ1) is 8.88. The van der Waals surface area contributed by atoms with Gasteiger partial charge in [0.2, 0.25) is 0 Å². The van der Waals surface area contributed by atoms with E-state index in [0.717, 1.165) is 5.56 Å². The lowest BCUT2D eigenvalue weighted by atomic mass is 10.2. The lowest BCUT2D eigenvalue weighted by molar-refractivity contribution is 0.486. The van der Waals surface area contributed by atoms with Crippen LogP contribution in [0.15, 0.2) is 47.4 Å². The van der Waals surface area contributed by atoms with Crippen molar-refractivity contribution >= 4 is 21.5 Å². The van der Waals surface area contributed by atoms with E-state index in [1.807, 2.05) is 6.92 Å². The summed E-state index contributed by atoms with van der Waals surface area (Å²) in [4.78, 5) is 0.0912. The van der Waals surface area contributed by atoms with Crippen LogP contribution in [0.5, 0.6) is 5.75 Å². The van der Waals surface area contributed by atoms with Crippen LogP contribution < -0.4 is 15.7 Å². The van der Waals surface area contributed by atoms with E-state index in [1.54, 1.807) is 12.1 Å². The Morgan fingerprint density at radius 1 is 0.947 bits per heavy atom. The number of aryl methyl sites for hydroxylation is 1. The summed E-state index contributed by atoms with van der Waals surface area (Å²) >= 11 is 0. The predicted octanol–water partition coefficient (Wildman–Crippen LogP) is 1.93. The van der Waals surface area contributed by atoms with E-state index in [-0.39, 0.29) is 16.3 Å². The quantitative estimate of drug-likeness (QED) is 0.660. The van der Waals surface area contributed by atoms with Crippen LogP contribution >= 0.6 is 0 Å². The number of hydrogen-bond donors (Lipinski definition) is 2. The normalized spacial score (nSPS) is 11.2. The van der Waals surface area contributed by atoms with Crippen molar-refractivity contribution in [3.63, 3.8) is 0 Å². The molecule has 0 fully saturated rings. The van der Waals surface area contributed by atoms with Crippen LogP contribution in [0.1, 0.15) is 5.56 Å². The summed E-state index contributed by atoms with van der Waals surface area (Å²) < 4.78 is 29.0. The summed E-state index contributed by atoms with van der Waals surface area (Å²) in [5.74, 6) is 0.132. The molecule has 4 N–H and O–H groups in total. The van der Waals surface area contributed by atoms with Gasteiger partial charge in [-0.2, -0.15) is 8.42 Å². The van der Waals surface area contributed by atoms with Crippen molar-refractivity contribution in [2.24, 2.45) is 0 Å². The third-order valence-corrected chi connectivity index (χ3v) is 3.84. The third-order valence-electron chi connectivity index (χ3n) is 2.57. The van der Waals surface area contributed by atoms with Crippen molar-refractivity contribution in [1.82, 2.24) is 0 Å². The van der Waals surface area contributed by atoms with Gasteiger partial charge in [-0.05, 0) is 31.2 Å². The summed E-state index contributed by atoms with van der Waals surface area (Å²) in [6.45, 7) is 1.87. The molecule has 0 aliphatic heterocycles. The first-order valence-electron chi connectivity index (χ1n) is 5.54. The van der Waals surface area contributed by atoms with Crippen LogP contribution in [0, 0.1) is 6.92 Å². The number of hydrogen-bond acceptors (Lipinski definition) is 5. The first kappa shape index (κ1) is 13.2. The Bertz CT molecular complexity index is 694. The maximum Gasteiger partial charge on any atom is 0.339 e. The van der Waals surface area contributed by atoms with E-state index in [0.29, 0.717) is 5.69 Å². The fourth-order valence-corrected chi connectivity index (χ4v) is 2.41. The Hall–Kier alpha value is -2.21. The maximum absolute atomic E-state index is 12.0. The van der Waals surface area contributed by atoms with E-state index >= 15 is 0 Å². The van der Waals surface area contributed by atoms with Crippen molar-refractivity contribution in [3.8, 4) is 5.75 Å². The highest BCUT2D eigenvalue weighted by molar-refractivity contribution is 7.87. The van der Waals surface area contributed by atoms with Gasteiger partial charge in [0.05, 0.1) is 11.4 Å². The third kappa shape index (κ3) is 2.97. The van der Waals surface area contributed by atoms with E-state index in [9.17, 15) is 8.42 Å². The molecule has 0 aliphatic carbocycles. The lowest BCUT2D eigenvalue weighted by Crippen LogP contribution is -2.10. The molecular formula is C13H14N2O3S. The second kappa shape index (κ2) is 4.81. The highest BCUT2D eigenvalue weighted by Crippen LogP contribution is 2.24. The summed E-state index contributed by atoms with van der Waals surface area (Å²) in [6.07, 6.45) is 0. The zero-order valence-electron chi connectivity index (χ0n) is 10.3. The van der Waals surface area contributed by atoms with Gasteiger partial charge in [0, 0.05) is 6.07 Å². The van der Waals surface area contributed by atoms with Gasteiger partial charge in [-0.15, -0.1) is 0 Å². The minimum absolute atomic E-state index is 0.0912. The van der Waals surface area contributed by atoms with Gasteiger partial charge in [-0.1, -0.05) is 17.7 Å². The number of rotatable bonds is 3. The summed E-state index contributed by atoms with van der Waals surface area (Å²) in [5.41, 5.74) is 12.8. The molecule has 6 heteroatoms. The molecule has 19 heavy (non-hydrogen) atoms. The highest BCUT2D eigenvalue weighted by atomic mass is 32.2. The van der Waals surface area contributed by atoms with Crippen LogP contribution in [0.4, 0.5) is 11.4 Å². The zero-order valence-corrected chi connectivity index (χ0v) is 11.1. The van der Waals surface area contributed by atoms with Crippen LogP contribution in [0.2, 0.25) is 0 Å². The van der Waals surface area contributed by atoms with Gasteiger partial charge in [-0.3, -0.25) is 0 Å².